The summed E-state index contributed by atoms with van der Waals surface area (Å²) in [5.74, 6) is 0.694. The lowest BCUT2D eigenvalue weighted by atomic mass is 9.64. The average molecular weight is 434 g/mol. The molecule has 0 aliphatic heterocycles. The van der Waals surface area contributed by atoms with Gasteiger partial charge in [0.15, 0.2) is 0 Å². The Hall–Kier alpha value is -3.50. The molecular formula is C25H28FN5O. The number of aromatic nitrogens is 2. The van der Waals surface area contributed by atoms with Crippen LogP contribution in [0.25, 0.3) is 11.1 Å². The number of hydrogen-bond acceptors (Lipinski definition) is 6. The summed E-state index contributed by atoms with van der Waals surface area (Å²) in [7, 11) is 0. The molecule has 0 radical (unpaired) electrons. The Kier molecular flexibility index (Phi) is 6.06. The van der Waals surface area contributed by atoms with Crippen molar-refractivity contribution in [2.24, 2.45) is 5.41 Å². The topological polar surface area (TPSA) is 93.9 Å². The first kappa shape index (κ1) is 21.7. The maximum atomic E-state index is 13.1. The van der Waals surface area contributed by atoms with Crippen molar-refractivity contribution in [1.29, 1.82) is 5.26 Å². The van der Waals surface area contributed by atoms with E-state index in [9.17, 15) is 14.8 Å². The van der Waals surface area contributed by atoms with Gasteiger partial charge in [-0.2, -0.15) is 10.2 Å². The van der Waals surface area contributed by atoms with Gasteiger partial charge in [0.1, 0.15) is 23.3 Å². The molecule has 0 unspecified atom stereocenters. The number of benzene rings is 2. The van der Waals surface area contributed by atoms with E-state index in [2.05, 4.69) is 38.8 Å². The zero-order valence-corrected chi connectivity index (χ0v) is 18.1. The van der Waals surface area contributed by atoms with Crippen LogP contribution in [-0.2, 0) is 6.42 Å². The van der Waals surface area contributed by atoms with Gasteiger partial charge < -0.3 is 15.7 Å². The summed E-state index contributed by atoms with van der Waals surface area (Å²) < 4.78 is 13.1. The van der Waals surface area contributed by atoms with Gasteiger partial charge >= 0.3 is 0 Å². The molecule has 3 aromatic rings. The van der Waals surface area contributed by atoms with Crippen molar-refractivity contribution in [2.45, 2.75) is 38.8 Å². The van der Waals surface area contributed by atoms with Crippen molar-refractivity contribution >= 4 is 11.8 Å². The SMILES string of the molecule is CC1(C)[C@@H](O)C[C@H]1Nc1nc(NCCc2ccc(-c3ccc(F)cc3)cc2)ncc1C#N.[HH]. The molecule has 2 atom stereocenters. The van der Waals surface area contributed by atoms with E-state index in [1.54, 1.807) is 12.1 Å². The van der Waals surface area contributed by atoms with Crippen molar-refractivity contribution in [1.82, 2.24) is 9.97 Å². The summed E-state index contributed by atoms with van der Waals surface area (Å²) in [5.41, 5.74) is 3.27. The first-order chi connectivity index (χ1) is 15.4. The van der Waals surface area contributed by atoms with Crippen molar-refractivity contribution in [2.75, 3.05) is 17.2 Å². The molecule has 2 aromatic carbocycles. The second-order valence-corrected chi connectivity index (χ2v) is 8.72. The van der Waals surface area contributed by atoms with Gasteiger partial charge in [0.05, 0.1) is 12.3 Å². The van der Waals surface area contributed by atoms with Crippen LogP contribution in [0, 0.1) is 22.6 Å². The molecule has 0 saturated heterocycles. The van der Waals surface area contributed by atoms with Gasteiger partial charge in [-0.15, -0.1) is 0 Å². The van der Waals surface area contributed by atoms with E-state index < -0.39 is 0 Å². The quantitative estimate of drug-likeness (QED) is 0.503. The second-order valence-electron chi connectivity index (χ2n) is 8.72. The van der Waals surface area contributed by atoms with Gasteiger partial charge in [0, 0.05) is 19.4 Å². The molecule has 1 saturated carbocycles. The van der Waals surface area contributed by atoms with Crippen molar-refractivity contribution in [3.8, 4) is 17.2 Å². The highest BCUT2D eigenvalue weighted by molar-refractivity contribution is 5.63. The Morgan fingerprint density at radius 3 is 2.41 bits per heavy atom. The van der Waals surface area contributed by atoms with Crippen LogP contribution < -0.4 is 10.6 Å². The molecule has 3 N–H and O–H groups in total. The molecule has 0 amide bonds. The van der Waals surface area contributed by atoms with E-state index >= 15 is 0 Å². The Balaban J connectivity index is 0.00000306. The maximum absolute atomic E-state index is 13.1. The number of nitriles is 1. The van der Waals surface area contributed by atoms with E-state index in [1.165, 1.54) is 18.3 Å². The van der Waals surface area contributed by atoms with Crippen molar-refractivity contribution in [3.05, 3.63) is 71.7 Å². The number of aliphatic hydroxyl groups excluding tert-OH is 1. The number of aliphatic hydroxyl groups is 1. The molecule has 0 bridgehead atoms. The second kappa shape index (κ2) is 8.93. The van der Waals surface area contributed by atoms with Crippen molar-refractivity contribution < 1.29 is 10.9 Å². The van der Waals surface area contributed by atoms with E-state index in [-0.39, 0.29) is 24.8 Å². The smallest absolute Gasteiger partial charge is 0.224 e. The number of nitrogens with one attached hydrogen (secondary N) is 2. The third-order valence-electron chi connectivity index (χ3n) is 6.26. The molecule has 4 rings (SSSR count). The number of nitrogens with zero attached hydrogens (tertiary/aromatic N) is 3. The molecule has 1 aromatic heterocycles. The molecule has 32 heavy (non-hydrogen) atoms. The summed E-state index contributed by atoms with van der Waals surface area (Å²) in [4.78, 5) is 8.72. The zero-order chi connectivity index (χ0) is 22.7. The van der Waals surface area contributed by atoms with Gasteiger partial charge in [-0.1, -0.05) is 50.2 Å². The molecule has 1 fully saturated rings. The standard InChI is InChI=1S/C25H26FN5O.H2/c1-25(2)21(13-22(25)32)30-23-19(14-27)15-29-24(31-23)28-12-11-16-3-5-17(6-4-16)18-7-9-20(26)10-8-18;/h3-10,15,21-22,32H,11-13H2,1-2H3,(H2,28,29,30,31);1H/t21-,22+;/m1./s1. The summed E-state index contributed by atoms with van der Waals surface area (Å²) >= 11 is 0. The Bertz CT molecular complexity index is 1130. The average Bonchev–Trinajstić information content (AvgIpc) is 2.80. The molecular weight excluding hydrogens is 405 g/mol. The summed E-state index contributed by atoms with van der Waals surface area (Å²) in [6.45, 7) is 4.62. The minimum atomic E-state index is -0.362. The van der Waals surface area contributed by atoms with Gasteiger partial charge in [0.25, 0.3) is 0 Å². The van der Waals surface area contributed by atoms with Gasteiger partial charge in [-0.05, 0) is 41.7 Å². The van der Waals surface area contributed by atoms with Gasteiger partial charge in [-0.25, -0.2) is 9.37 Å². The Morgan fingerprint density at radius 1 is 1.16 bits per heavy atom. The Morgan fingerprint density at radius 2 is 1.81 bits per heavy atom. The fourth-order valence-electron chi connectivity index (χ4n) is 3.80. The van der Waals surface area contributed by atoms with Crippen LogP contribution >= 0.6 is 0 Å². The fraction of sp³-hybridized carbons (Fsp3) is 0.320. The summed E-state index contributed by atoms with van der Waals surface area (Å²) in [5, 5.41) is 25.8. The molecule has 6 nitrogen and oxygen atoms in total. The van der Waals surface area contributed by atoms with Crippen LogP contribution in [0.4, 0.5) is 16.2 Å². The van der Waals surface area contributed by atoms with Crippen LogP contribution in [0.2, 0.25) is 0 Å². The van der Waals surface area contributed by atoms with E-state index in [1.807, 2.05) is 26.0 Å². The number of rotatable bonds is 7. The molecule has 7 heteroatoms. The molecule has 1 aliphatic carbocycles. The third-order valence-corrected chi connectivity index (χ3v) is 6.26. The zero-order valence-electron chi connectivity index (χ0n) is 18.1. The monoisotopic (exact) mass is 433 g/mol. The predicted octanol–water partition coefficient (Wildman–Crippen LogP) is 4.63. The van der Waals surface area contributed by atoms with Crippen LogP contribution in [0.3, 0.4) is 0 Å². The molecule has 166 valence electrons. The van der Waals surface area contributed by atoms with Crippen LogP contribution in [0.15, 0.2) is 54.7 Å². The van der Waals surface area contributed by atoms with E-state index in [4.69, 9.17) is 0 Å². The van der Waals surface area contributed by atoms with Gasteiger partial charge in [0.2, 0.25) is 5.95 Å². The Labute approximate surface area is 188 Å². The minimum absolute atomic E-state index is 0. The predicted molar refractivity (Wildman–Crippen MR) is 125 cm³/mol. The molecule has 0 spiro atoms. The molecule has 1 heterocycles. The highest BCUT2D eigenvalue weighted by Crippen LogP contribution is 2.42. The lowest BCUT2D eigenvalue weighted by Crippen LogP contribution is -2.57. The summed E-state index contributed by atoms with van der Waals surface area (Å²) in [6, 6.07) is 16.8. The number of halogens is 1. The third kappa shape index (κ3) is 4.56. The van der Waals surface area contributed by atoms with E-state index in [0.717, 1.165) is 23.1 Å². The fourth-order valence-corrected chi connectivity index (χ4v) is 3.80. The first-order valence-corrected chi connectivity index (χ1v) is 10.7. The van der Waals surface area contributed by atoms with Crippen LogP contribution in [-0.4, -0.2) is 33.8 Å². The largest absolute Gasteiger partial charge is 0.392 e. The maximum Gasteiger partial charge on any atom is 0.224 e. The van der Waals surface area contributed by atoms with Crippen LogP contribution in [0.5, 0.6) is 0 Å². The molecule has 1 aliphatic rings. The van der Waals surface area contributed by atoms with Gasteiger partial charge in [-0.3, -0.25) is 0 Å². The number of anilines is 2. The summed E-state index contributed by atoms with van der Waals surface area (Å²) in [6.07, 6.45) is 2.55. The van der Waals surface area contributed by atoms with Crippen molar-refractivity contribution in [3.63, 3.8) is 0 Å². The normalized spacial score (nSPS) is 19.0. The lowest BCUT2D eigenvalue weighted by molar-refractivity contribution is -0.0511. The first-order valence-electron chi connectivity index (χ1n) is 10.7. The highest BCUT2D eigenvalue weighted by atomic mass is 19.1. The number of hydrogen-bond donors (Lipinski definition) is 3. The lowest BCUT2D eigenvalue weighted by Gasteiger charge is -2.49. The minimum Gasteiger partial charge on any atom is -0.392 e. The van der Waals surface area contributed by atoms with Crippen LogP contribution in [0.1, 0.15) is 32.8 Å². The highest BCUT2D eigenvalue weighted by Gasteiger charge is 2.47. The van der Waals surface area contributed by atoms with E-state index in [0.29, 0.717) is 30.3 Å².